The summed E-state index contributed by atoms with van der Waals surface area (Å²) in [6, 6.07) is 0. The van der Waals surface area contributed by atoms with Crippen molar-refractivity contribution in [1.29, 1.82) is 0 Å². The molecule has 2 aromatic heterocycles. The van der Waals surface area contributed by atoms with Crippen LogP contribution in [-0.2, 0) is 13.6 Å². The van der Waals surface area contributed by atoms with Gasteiger partial charge in [-0.15, -0.1) is 0 Å². The first-order valence-corrected chi connectivity index (χ1v) is 6.73. The molecule has 5 nitrogen and oxygen atoms in total. The van der Waals surface area contributed by atoms with Gasteiger partial charge in [0.05, 0.1) is 22.6 Å². The predicted molar refractivity (Wildman–Crippen MR) is 72.2 cm³/mol. The summed E-state index contributed by atoms with van der Waals surface area (Å²) < 4.78 is 4.42. The maximum Gasteiger partial charge on any atom is 0.125 e. The highest BCUT2D eigenvalue weighted by Gasteiger charge is 2.22. The lowest BCUT2D eigenvalue weighted by molar-refractivity contribution is 0.205. The van der Waals surface area contributed by atoms with Crippen molar-refractivity contribution in [2.45, 2.75) is 32.9 Å². The van der Waals surface area contributed by atoms with E-state index in [0.717, 1.165) is 34.4 Å². The summed E-state index contributed by atoms with van der Waals surface area (Å²) >= 11 is 3.45. The smallest absolute Gasteiger partial charge is 0.125 e. The molecule has 0 fully saturated rings. The van der Waals surface area contributed by atoms with E-state index in [4.69, 9.17) is 0 Å². The van der Waals surface area contributed by atoms with E-state index in [1.807, 2.05) is 18.7 Å². The normalized spacial score (nSPS) is 12.9. The Bertz CT molecular complexity index is 546. The van der Waals surface area contributed by atoms with E-state index in [9.17, 15) is 5.11 Å². The van der Waals surface area contributed by atoms with Crippen LogP contribution < -0.4 is 0 Å². The van der Waals surface area contributed by atoms with Gasteiger partial charge in [-0.1, -0.05) is 6.92 Å². The van der Waals surface area contributed by atoms with Crippen LogP contribution in [0.5, 0.6) is 0 Å². The fourth-order valence-corrected chi connectivity index (χ4v) is 2.48. The van der Waals surface area contributed by atoms with E-state index in [2.05, 4.69) is 33.1 Å². The summed E-state index contributed by atoms with van der Waals surface area (Å²) in [4.78, 5) is 0. The van der Waals surface area contributed by atoms with E-state index in [1.165, 1.54) is 0 Å². The number of hydrogen-bond acceptors (Lipinski definition) is 3. The molecule has 1 atom stereocenters. The van der Waals surface area contributed by atoms with E-state index in [0.29, 0.717) is 0 Å². The molecule has 2 heterocycles. The first-order chi connectivity index (χ1) is 8.56. The van der Waals surface area contributed by atoms with E-state index < -0.39 is 6.10 Å². The van der Waals surface area contributed by atoms with Gasteiger partial charge >= 0.3 is 0 Å². The van der Waals surface area contributed by atoms with Crippen molar-refractivity contribution in [3.05, 3.63) is 33.8 Å². The molecule has 0 aliphatic rings. The second-order valence-corrected chi connectivity index (χ2v) is 5.17. The average Bonchev–Trinajstić information content (AvgIpc) is 2.85. The number of hydrogen-bond donors (Lipinski definition) is 1. The highest BCUT2D eigenvalue weighted by Crippen LogP contribution is 2.30. The van der Waals surface area contributed by atoms with Crippen molar-refractivity contribution < 1.29 is 5.11 Å². The minimum absolute atomic E-state index is 0.706. The summed E-state index contributed by atoms with van der Waals surface area (Å²) in [7, 11) is 1.87. The Kier molecular flexibility index (Phi) is 3.87. The monoisotopic (exact) mass is 312 g/mol. The molecule has 0 spiro atoms. The fourth-order valence-electron chi connectivity index (χ4n) is 1.97. The maximum absolute atomic E-state index is 10.5. The number of rotatable bonds is 4. The van der Waals surface area contributed by atoms with Gasteiger partial charge < -0.3 is 5.11 Å². The van der Waals surface area contributed by atoms with Crippen LogP contribution in [0.1, 0.15) is 36.4 Å². The number of nitrogens with zero attached hydrogens (tertiary/aromatic N) is 4. The molecule has 1 N–H and O–H groups in total. The Morgan fingerprint density at radius 2 is 2.11 bits per heavy atom. The van der Waals surface area contributed by atoms with Gasteiger partial charge in [0, 0.05) is 24.8 Å². The summed E-state index contributed by atoms with van der Waals surface area (Å²) in [5.74, 6) is 0. The molecule has 0 aliphatic heterocycles. The molecular formula is C12H17BrN4O. The van der Waals surface area contributed by atoms with E-state index in [-0.39, 0.29) is 0 Å². The van der Waals surface area contributed by atoms with Crippen LogP contribution >= 0.6 is 15.9 Å². The number of aliphatic hydroxyl groups is 1. The topological polar surface area (TPSA) is 55.9 Å². The summed E-state index contributed by atoms with van der Waals surface area (Å²) in [5, 5.41) is 19.0. The second-order valence-electron chi connectivity index (χ2n) is 4.31. The highest BCUT2D eigenvalue weighted by molar-refractivity contribution is 9.10. The molecule has 98 valence electrons. The lowest BCUT2D eigenvalue weighted by Gasteiger charge is -2.13. The lowest BCUT2D eigenvalue weighted by atomic mass is 10.1. The zero-order chi connectivity index (χ0) is 13.3. The molecule has 6 heteroatoms. The largest absolute Gasteiger partial charge is 0.382 e. The number of halogens is 1. The average molecular weight is 313 g/mol. The quantitative estimate of drug-likeness (QED) is 0.941. The molecule has 0 saturated heterocycles. The number of aryl methyl sites for hydroxylation is 2. The molecule has 2 aromatic rings. The van der Waals surface area contributed by atoms with Gasteiger partial charge in [0.2, 0.25) is 0 Å². The van der Waals surface area contributed by atoms with Crippen LogP contribution in [0.4, 0.5) is 0 Å². The van der Waals surface area contributed by atoms with Crippen LogP contribution in [0, 0.1) is 6.92 Å². The van der Waals surface area contributed by atoms with Crippen LogP contribution in [0.25, 0.3) is 0 Å². The Hall–Kier alpha value is -1.14. The SMILES string of the molecule is CCCn1ncc(Br)c1C(O)c1cnn(C)c1C. The van der Waals surface area contributed by atoms with Crippen molar-refractivity contribution in [3.63, 3.8) is 0 Å². The third-order valence-corrected chi connectivity index (χ3v) is 3.71. The maximum atomic E-state index is 10.5. The molecule has 0 radical (unpaired) electrons. The Labute approximate surface area is 115 Å². The molecule has 0 amide bonds. The van der Waals surface area contributed by atoms with Crippen LogP contribution in [0.3, 0.4) is 0 Å². The second kappa shape index (κ2) is 5.24. The van der Waals surface area contributed by atoms with Gasteiger partial charge in [-0.3, -0.25) is 9.36 Å². The summed E-state index contributed by atoms with van der Waals surface area (Å²) in [6.07, 6.45) is 3.69. The van der Waals surface area contributed by atoms with Crippen molar-refractivity contribution in [1.82, 2.24) is 19.6 Å². The summed E-state index contributed by atoms with van der Waals surface area (Å²) in [6.45, 7) is 4.82. The van der Waals surface area contributed by atoms with Crippen LogP contribution in [0.15, 0.2) is 16.9 Å². The Morgan fingerprint density at radius 3 is 2.67 bits per heavy atom. The van der Waals surface area contributed by atoms with Gasteiger partial charge in [0.1, 0.15) is 6.10 Å². The van der Waals surface area contributed by atoms with Crippen molar-refractivity contribution >= 4 is 15.9 Å². The molecule has 18 heavy (non-hydrogen) atoms. The molecule has 0 aliphatic carbocycles. The van der Waals surface area contributed by atoms with Gasteiger partial charge in [-0.05, 0) is 29.3 Å². The lowest BCUT2D eigenvalue weighted by Crippen LogP contribution is -2.11. The predicted octanol–water partition coefficient (Wildman–Crippen LogP) is 2.18. The van der Waals surface area contributed by atoms with Crippen LogP contribution in [-0.4, -0.2) is 24.7 Å². The van der Waals surface area contributed by atoms with Crippen LogP contribution in [0.2, 0.25) is 0 Å². The number of aromatic nitrogens is 4. The highest BCUT2D eigenvalue weighted by atomic mass is 79.9. The minimum atomic E-state index is -0.706. The van der Waals surface area contributed by atoms with Crippen molar-refractivity contribution in [2.75, 3.05) is 0 Å². The number of aliphatic hydroxyl groups excluding tert-OH is 1. The zero-order valence-corrected chi connectivity index (χ0v) is 12.3. The molecule has 2 rings (SSSR count). The molecule has 0 bridgehead atoms. The van der Waals surface area contributed by atoms with E-state index in [1.54, 1.807) is 17.1 Å². The molecule has 1 unspecified atom stereocenters. The first-order valence-electron chi connectivity index (χ1n) is 5.94. The van der Waals surface area contributed by atoms with Crippen molar-refractivity contribution in [2.24, 2.45) is 7.05 Å². The third-order valence-electron chi connectivity index (χ3n) is 3.10. The third kappa shape index (κ3) is 2.22. The molecule has 0 saturated carbocycles. The van der Waals surface area contributed by atoms with Gasteiger partial charge in [0.15, 0.2) is 0 Å². The zero-order valence-electron chi connectivity index (χ0n) is 10.8. The first kappa shape index (κ1) is 13.3. The summed E-state index contributed by atoms with van der Waals surface area (Å²) in [5.41, 5.74) is 2.56. The fraction of sp³-hybridized carbons (Fsp3) is 0.500. The Morgan fingerprint density at radius 1 is 1.39 bits per heavy atom. The van der Waals surface area contributed by atoms with Gasteiger partial charge in [0.25, 0.3) is 0 Å². The Balaban J connectivity index is 2.42. The van der Waals surface area contributed by atoms with Crippen molar-refractivity contribution in [3.8, 4) is 0 Å². The van der Waals surface area contributed by atoms with Gasteiger partial charge in [-0.2, -0.15) is 10.2 Å². The van der Waals surface area contributed by atoms with E-state index >= 15 is 0 Å². The standard InChI is InChI=1S/C12H17BrN4O/c1-4-5-17-11(10(13)7-15-17)12(18)9-6-14-16(3)8(9)2/h6-7,12,18H,4-5H2,1-3H3. The molecular weight excluding hydrogens is 296 g/mol. The van der Waals surface area contributed by atoms with Gasteiger partial charge in [-0.25, -0.2) is 0 Å². The molecule has 0 aromatic carbocycles. The minimum Gasteiger partial charge on any atom is -0.382 e.